The Morgan fingerprint density at radius 2 is 1.84 bits per heavy atom. The number of hydrogen-bond acceptors (Lipinski definition) is 3. The largest absolute Gasteiger partial charge is 0.490 e. The molecule has 2 aromatic rings. The summed E-state index contributed by atoms with van der Waals surface area (Å²) in [5, 5.41) is 2.81. The van der Waals surface area contributed by atoms with Crippen molar-refractivity contribution in [3.05, 3.63) is 59.9 Å². The van der Waals surface area contributed by atoms with E-state index in [4.69, 9.17) is 4.74 Å². The van der Waals surface area contributed by atoms with Crippen LogP contribution in [0.1, 0.15) is 23.2 Å². The van der Waals surface area contributed by atoms with Crippen molar-refractivity contribution in [2.75, 3.05) is 25.5 Å². The molecule has 1 N–H and O–H groups in total. The predicted molar refractivity (Wildman–Crippen MR) is 99.2 cm³/mol. The van der Waals surface area contributed by atoms with E-state index in [1.54, 1.807) is 0 Å². The van der Waals surface area contributed by atoms with Crippen LogP contribution in [0, 0.1) is 5.82 Å². The number of anilines is 1. The third kappa shape index (κ3) is 5.44. The van der Waals surface area contributed by atoms with Crippen LogP contribution in [0.5, 0.6) is 5.75 Å². The lowest BCUT2D eigenvalue weighted by Gasteiger charge is -2.29. The molecule has 0 aromatic heterocycles. The minimum absolute atomic E-state index is 0. The molecule has 0 radical (unpaired) electrons. The molecule has 1 saturated heterocycles. The molecule has 0 unspecified atom stereocenters. The standard InChI is InChI=1S/C19H21FN2O2.ClH/c1-22-11-9-17(10-12-22)24-18-4-2-3-16(13-18)21-19(23)14-5-7-15(20)8-6-14;/h2-8,13,17H,9-12H2,1H3,(H,21,23);1H. The van der Waals surface area contributed by atoms with E-state index < -0.39 is 0 Å². The second kappa shape index (κ2) is 8.83. The molecule has 3 rings (SSSR count). The number of piperidine rings is 1. The number of hydrogen-bond donors (Lipinski definition) is 1. The average Bonchev–Trinajstić information content (AvgIpc) is 2.58. The van der Waals surface area contributed by atoms with Gasteiger partial charge in [-0.25, -0.2) is 4.39 Å². The van der Waals surface area contributed by atoms with Crippen molar-refractivity contribution >= 4 is 24.0 Å². The van der Waals surface area contributed by atoms with Gasteiger partial charge in [-0.3, -0.25) is 4.79 Å². The van der Waals surface area contributed by atoms with Crippen LogP contribution in [-0.4, -0.2) is 37.0 Å². The zero-order valence-corrected chi connectivity index (χ0v) is 14.9. The summed E-state index contributed by atoms with van der Waals surface area (Å²) in [6.07, 6.45) is 2.22. The van der Waals surface area contributed by atoms with Gasteiger partial charge in [0.25, 0.3) is 5.91 Å². The van der Waals surface area contributed by atoms with Crippen molar-refractivity contribution in [3.8, 4) is 5.75 Å². The fourth-order valence-corrected chi connectivity index (χ4v) is 2.75. The van der Waals surface area contributed by atoms with E-state index in [0.29, 0.717) is 11.3 Å². The Bertz CT molecular complexity index is 701. The molecule has 6 heteroatoms. The lowest BCUT2D eigenvalue weighted by atomic mass is 10.1. The number of carbonyl (C=O) groups excluding carboxylic acids is 1. The Hall–Kier alpha value is -2.11. The second-order valence-corrected chi connectivity index (χ2v) is 6.11. The van der Waals surface area contributed by atoms with Gasteiger partial charge in [-0.2, -0.15) is 0 Å². The summed E-state index contributed by atoms with van der Waals surface area (Å²) >= 11 is 0. The number of nitrogens with zero attached hydrogens (tertiary/aromatic N) is 1. The minimum atomic E-state index is -0.361. The molecule has 1 amide bonds. The Labute approximate surface area is 153 Å². The van der Waals surface area contributed by atoms with Crippen LogP contribution in [0.2, 0.25) is 0 Å². The Balaban J connectivity index is 0.00000225. The molecular weight excluding hydrogens is 343 g/mol. The van der Waals surface area contributed by atoms with Crippen LogP contribution in [0.3, 0.4) is 0 Å². The lowest BCUT2D eigenvalue weighted by molar-refractivity contribution is 0.102. The van der Waals surface area contributed by atoms with Crippen LogP contribution in [0.15, 0.2) is 48.5 Å². The predicted octanol–water partition coefficient (Wildman–Crippen LogP) is 3.97. The van der Waals surface area contributed by atoms with E-state index in [1.807, 2.05) is 24.3 Å². The lowest BCUT2D eigenvalue weighted by Crippen LogP contribution is -2.35. The first-order chi connectivity index (χ1) is 11.6. The number of nitrogens with one attached hydrogen (secondary N) is 1. The molecule has 0 atom stereocenters. The first-order valence-electron chi connectivity index (χ1n) is 8.12. The van der Waals surface area contributed by atoms with E-state index in [-0.39, 0.29) is 30.2 Å². The third-order valence-corrected chi connectivity index (χ3v) is 4.17. The van der Waals surface area contributed by atoms with Crippen molar-refractivity contribution in [2.45, 2.75) is 18.9 Å². The number of likely N-dealkylation sites (tertiary alicyclic amines) is 1. The normalized spacial score (nSPS) is 15.3. The van der Waals surface area contributed by atoms with E-state index in [9.17, 15) is 9.18 Å². The fraction of sp³-hybridized carbons (Fsp3) is 0.316. The van der Waals surface area contributed by atoms with Gasteiger partial charge < -0.3 is 15.0 Å². The molecule has 25 heavy (non-hydrogen) atoms. The number of rotatable bonds is 4. The molecule has 0 aliphatic carbocycles. The van der Waals surface area contributed by atoms with Gasteiger partial charge in [-0.15, -0.1) is 12.4 Å². The third-order valence-electron chi connectivity index (χ3n) is 4.17. The molecule has 0 saturated carbocycles. The van der Waals surface area contributed by atoms with Crippen molar-refractivity contribution in [1.82, 2.24) is 4.90 Å². The molecule has 1 fully saturated rings. The number of carbonyl (C=O) groups is 1. The highest BCUT2D eigenvalue weighted by Gasteiger charge is 2.18. The van der Waals surface area contributed by atoms with Gasteiger partial charge in [0, 0.05) is 30.4 Å². The summed E-state index contributed by atoms with van der Waals surface area (Å²) in [4.78, 5) is 14.5. The maximum Gasteiger partial charge on any atom is 0.255 e. The fourth-order valence-electron chi connectivity index (χ4n) is 2.75. The molecule has 134 valence electrons. The summed E-state index contributed by atoms with van der Waals surface area (Å²) in [5.41, 5.74) is 1.08. The number of halogens is 2. The van der Waals surface area contributed by atoms with Gasteiger partial charge in [0.1, 0.15) is 17.7 Å². The van der Waals surface area contributed by atoms with E-state index in [2.05, 4.69) is 17.3 Å². The van der Waals surface area contributed by atoms with Gasteiger partial charge >= 0.3 is 0 Å². The highest BCUT2D eigenvalue weighted by molar-refractivity contribution is 6.04. The van der Waals surface area contributed by atoms with Crippen LogP contribution in [0.4, 0.5) is 10.1 Å². The number of ether oxygens (including phenoxy) is 1. The van der Waals surface area contributed by atoms with Crippen molar-refractivity contribution in [3.63, 3.8) is 0 Å². The van der Waals surface area contributed by atoms with Crippen LogP contribution >= 0.6 is 12.4 Å². The number of amides is 1. The SMILES string of the molecule is CN1CCC(Oc2cccc(NC(=O)c3ccc(F)cc3)c2)CC1.Cl. The monoisotopic (exact) mass is 364 g/mol. The molecule has 1 aliphatic rings. The molecular formula is C19H22ClFN2O2. The maximum atomic E-state index is 12.9. The highest BCUT2D eigenvalue weighted by Crippen LogP contribution is 2.22. The topological polar surface area (TPSA) is 41.6 Å². The molecule has 1 aliphatic heterocycles. The molecule has 0 bridgehead atoms. The maximum absolute atomic E-state index is 12.9. The smallest absolute Gasteiger partial charge is 0.255 e. The van der Waals surface area contributed by atoms with Crippen LogP contribution < -0.4 is 10.1 Å². The summed E-state index contributed by atoms with van der Waals surface area (Å²) in [7, 11) is 2.11. The first kappa shape index (κ1) is 19.2. The van der Waals surface area contributed by atoms with Crippen LogP contribution in [0.25, 0.3) is 0 Å². The van der Waals surface area contributed by atoms with Gasteiger partial charge in [-0.1, -0.05) is 6.07 Å². The van der Waals surface area contributed by atoms with Crippen molar-refractivity contribution in [2.24, 2.45) is 0 Å². The van der Waals surface area contributed by atoms with Gasteiger partial charge in [0.05, 0.1) is 0 Å². The first-order valence-corrected chi connectivity index (χ1v) is 8.12. The van der Waals surface area contributed by atoms with Crippen molar-refractivity contribution < 1.29 is 13.9 Å². The zero-order valence-electron chi connectivity index (χ0n) is 14.1. The molecule has 1 heterocycles. The Kier molecular flexibility index (Phi) is 6.79. The van der Waals surface area contributed by atoms with E-state index in [0.717, 1.165) is 31.7 Å². The van der Waals surface area contributed by atoms with Crippen molar-refractivity contribution in [1.29, 1.82) is 0 Å². The van der Waals surface area contributed by atoms with E-state index in [1.165, 1.54) is 24.3 Å². The Morgan fingerprint density at radius 1 is 1.16 bits per heavy atom. The summed E-state index contributed by atoms with van der Waals surface area (Å²) in [6, 6.07) is 12.8. The quantitative estimate of drug-likeness (QED) is 0.892. The number of benzene rings is 2. The molecule has 4 nitrogen and oxygen atoms in total. The second-order valence-electron chi connectivity index (χ2n) is 6.11. The van der Waals surface area contributed by atoms with Gasteiger partial charge in [0.2, 0.25) is 0 Å². The summed E-state index contributed by atoms with van der Waals surface area (Å²) in [6.45, 7) is 2.07. The average molecular weight is 365 g/mol. The highest BCUT2D eigenvalue weighted by atomic mass is 35.5. The summed E-state index contributed by atoms with van der Waals surface area (Å²) < 4.78 is 18.9. The Morgan fingerprint density at radius 3 is 2.52 bits per heavy atom. The minimum Gasteiger partial charge on any atom is -0.490 e. The zero-order chi connectivity index (χ0) is 16.9. The molecule has 2 aromatic carbocycles. The van der Waals surface area contributed by atoms with Gasteiger partial charge in [-0.05, 0) is 56.3 Å². The molecule has 0 spiro atoms. The van der Waals surface area contributed by atoms with Crippen LogP contribution in [-0.2, 0) is 0 Å². The summed E-state index contributed by atoms with van der Waals surface area (Å²) in [5.74, 6) is 0.118. The van der Waals surface area contributed by atoms with E-state index >= 15 is 0 Å². The van der Waals surface area contributed by atoms with Gasteiger partial charge in [0.15, 0.2) is 0 Å².